The van der Waals surface area contributed by atoms with Crippen molar-refractivity contribution in [2.45, 2.75) is 205 Å². The van der Waals surface area contributed by atoms with Crippen molar-refractivity contribution < 1.29 is 72.1 Å². The van der Waals surface area contributed by atoms with Crippen LogP contribution < -0.4 is 5.32 Å². The molecule has 1 aromatic rings. The highest BCUT2D eigenvalue weighted by Gasteiger charge is 2.54. The van der Waals surface area contributed by atoms with Crippen LogP contribution in [0.4, 0.5) is 0 Å². The van der Waals surface area contributed by atoms with Gasteiger partial charge in [-0.1, -0.05) is 51.1 Å². The number of aldehydes is 1. The number of esters is 3. The second-order valence-electron chi connectivity index (χ2n) is 19.7. The SMILES string of the molecule is CCC(=O)O[C@@H]1C(C)O[C@@H](O[C@@H]2C(C)O[C@@H](O[C@H]3[C@@H](CC=O)C[C@@H](C)[C@@H](O)CN(CCCCc4ccccc4)CCC(C)NC(=O)C[C@@H](OC(=O)CC)[C@@H]3OC)C(O)C2N(C)C)CC1(C)OC(C)=O. The van der Waals surface area contributed by atoms with E-state index in [9.17, 15) is 34.2 Å². The number of methoxy groups -OCH3 is 1. The molecule has 0 radical (unpaired) electrons. The molecule has 0 aliphatic carbocycles. The molecule has 3 fully saturated rings. The van der Waals surface area contributed by atoms with E-state index in [2.05, 4.69) is 22.3 Å². The maximum atomic E-state index is 13.9. The van der Waals surface area contributed by atoms with Crippen LogP contribution in [0.5, 0.6) is 0 Å². The van der Waals surface area contributed by atoms with Crippen LogP contribution in [0.2, 0.25) is 0 Å². The Balaban J connectivity index is 1.66. The molecule has 6 unspecified atom stereocenters. The van der Waals surface area contributed by atoms with Gasteiger partial charge >= 0.3 is 17.9 Å². The van der Waals surface area contributed by atoms with Gasteiger partial charge in [-0.05, 0) is 97.8 Å². The minimum Gasteiger partial charge on any atom is -0.459 e. The van der Waals surface area contributed by atoms with E-state index in [0.717, 1.165) is 32.1 Å². The first-order valence-electron chi connectivity index (χ1n) is 25.0. The Morgan fingerprint density at radius 1 is 0.942 bits per heavy atom. The Bertz CT molecular complexity index is 1760. The van der Waals surface area contributed by atoms with Gasteiger partial charge in [-0.3, -0.25) is 19.2 Å². The smallest absolute Gasteiger partial charge is 0.306 e. The summed E-state index contributed by atoms with van der Waals surface area (Å²) < 4.78 is 49.8. The molecule has 0 aromatic heterocycles. The Morgan fingerprint density at radius 3 is 2.25 bits per heavy atom. The average molecular weight is 978 g/mol. The summed E-state index contributed by atoms with van der Waals surface area (Å²) in [4.78, 5) is 68.4. The van der Waals surface area contributed by atoms with E-state index in [0.29, 0.717) is 19.5 Å². The number of ether oxygens (including phenoxy) is 8. The topological polar surface area (TPSA) is 218 Å². The molecule has 3 aliphatic rings. The number of nitrogens with one attached hydrogen (secondary N) is 1. The van der Waals surface area contributed by atoms with Crippen LogP contribution in [-0.4, -0.2) is 176 Å². The van der Waals surface area contributed by atoms with Gasteiger partial charge in [0.25, 0.3) is 0 Å². The summed E-state index contributed by atoms with van der Waals surface area (Å²) >= 11 is 0. The summed E-state index contributed by atoms with van der Waals surface area (Å²) in [6, 6.07) is 9.24. The summed E-state index contributed by atoms with van der Waals surface area (Å²) in [6.45, 7) is 15.2. The van der Waals surface area contributed by atoms with Crippen molar-refractivity contribution in [3.05, 3.63) is 35.9 Å². The number of unbranched alkanes of at least 4 members (excludes halogenated alkanes) is 1. The lowest BCUT2D eigenvalue weighted by molar-refractivity contribution is -0.344. The Kier molecular flexibility index (Phi) is 23.4. The van der Waals surface area contributed by atoms with E-state index in [1.807, 2.05) is 32.0 Å². The highest BCUT2D eigenvalue weighted by molar-refractivity contribution is 5.77. The predicted octanol–water partition coefficient (Wildman–Crippen LogP) is 4.12. The van der Waals surface area contributed by atoms with Crippen molar-refractivity contribution in [2.75, 3.05) is 40.8 Å². The van der Waals surface area contributed by atoms with Crippen molar-refractivity contribution in [1.82, 2.24) is 15.1 Å². The third-order valence-corrected chi connectivity index (χ3v) is 13.7. The van der Waals surface area contributed by atoms with Gasteiger partial charge in [-0.25, -0.2) is 0 Å². The van der Waals surface area contributed by atoms with Crippen LogP contribution in [0.15, 0.2) is 30.3 Å². The van der Waals surface area contributed by atoms with Crippen LogP contribution in [0.25, 0.3) is 0 Å². The van der Waals surface area contributed by atoms with Crippen molar-refractivity contribution in [2.24, 2.45) is 11.8 Å². The number of aliphatic hydroxyl groups excluding tert-OH is 2. The number of hydrogen-bond donors (Lipinski definition) is 3. The zero-order valence-corrected chi connectivity index (χ0v) is 42.9. The fraction of sp³-hybridized carbons (Fsp3) is 0.784. The Labute approximate surface area is 409 Å². The number of rotatable bonds is 18. The third kappa shape index (κ3) is 17.0. The van der Waals surface area contributed by atoms with Crippen LogP contribution in [0.3, 0.4) is 0 Å². The van der Waals surface area contributed by atoms with E-state index in [4.69, 9.17) is 37.9 Å². The molecule has 1 aromatic carbocycles. The molecule has 4 rings (SSSR count). The van der Waals surface area contributed by atoms with Crippen molar-refractivity contribution in [3.63, 3.8) is 0 Å². The number of aryl methyl sites for hydroxylation is 1. The number of likely N-dealkylation sites (N-methyl/N-ethyl adjacent to an activating group) is 1. The molecule has 18 heteroatoms. The van der Waals surface area contributed by atoms with E-state index < -0.39 is 103 Å². The molecule has 0 saturated carbocycles. The highest BCUT2D eigenvalue weighted by Crippen LogP contribution is 2.39. The number of hydrogen-bond acceptors (Lipinski definition) is 17. The standard InChI is InChI=1S/C51H83N3O15/c1-12-41(59)65-39-28-40(58)52-32(4)22-25-54(24-18-17-21-36-19-15-14-16-20-36)30-38(57)31(3)27-37(23-26-55)47(48(39)62-11)68-50-45(61)44(53(9)10)46(33(5)64-50)67-43-29-51(8,69-35(7)56)49(34(6)63-43)66-42(60)13-2/h14-16,19-20,26,31-34,37-39,43-50,57,61H,12-13,17-18,21-25,27-30H2,1-11H3,(H,52,58)/t31-,32?,33?,34?,37+,38+,39-,43+,44?,45?,46-,47+,48+,49-,50+,51?/m1/s1. The maximum absolute atomic E-state index is 13.9. The first-order chi connectivity index (χ1) is 32.7. The molecule has 18 nitrogen and oxygen atoms in total. The minimum atomic E-state index is -1.41. The monoisotopic (exact) mass is 978 g/mol. The molecule has 3 N–H and O–H groups in total. The lowest BCUT2D eigenvalue weighted by Crippen LogP contribution is -2.66. The zero-order chi connectivity index (χ0) is 51.0. The summed E-state index contributed by atoms with van der Waals surface area (Å²) in [5.74, 6) is -3.07. The highest BCUT2D eigenvalue weighted by atomic mass is 16.7. The number of nitrogens with zero attached hydrogens (tertiary/aromatic N) is 2. The van der Waals surface area contributed by atoms with Gasteiger partial charge < -0.3 is 68.0 Å². The second kappa shape index (κ2) is 27.9. The molecular weight excluding hydrogens is 895 g/mol. The fourth-order valence-corrected chi connectivity index (χ4v) is 10.1. The van der Waals surface area contributed by atoms with Crippen molar-refractivity contribution in [1.29, 1.82) is 0 Å². The maximum Gasteiger partial charge on any atom is 0.306 e. The molecule has 1 amide bonds. The van der Waals surface area contributed by atoms with Gasteiger partial charge in [0.2, 0.25) is 5.91 Å². The lowest BCUT2D eigenvalue weighted by Gasteiger charge is -2.50. The number of β-amino-alcohol motifs (C(OH)–C–C–N with tert-alkyl or cyclic N) is 1. The van der Waals surface area contributed by atoms with E-state index in [1.165, 1.54) is 19.6 Å². The molecule has 0 bridgehead atoms. The van der Waals surface area contributed by atoms with Gasteiger partial charge in [0.05, 0.1) is 36.9 Å². The number of benzene rings is 1. The van der Waals surface area contributed by atoms with E-state index >= 15 is 0 Å². The van der Waals surface area contributed by atoms with Gasteiger partial charge in [-0.15, -0.1) is 0 Å². The van der Waals surface area contributed by atoms with Gasteiger partial charge in [0, 0.05) is 58.8 Å². The summed E-state index contributed by atoms with van der Waals surface area (Å²) in [7, 11) is 4.93. The number of aliphatic hydroxyl groups is 2. The first-order valence-corrected chi connectivity index (χ1v) is 25.0. The van der Waals surface area contributed by atoms with Gasteiger partial charge in [0.15, 0.2) is 24.3 Å². The minimum absolute atomic E-state index is 0.0107. The quantitative estimate of drug-likeness (QED) is 0.0816. The molecule has 0 spiro atoms. The number of amides is 1. The van der Waals surface area contributed by atoms with Crippen LogP contribution in [0.1, 0.15) is 119 Å². The number of carbonyl (C=O) groups is 5. The summed E-state index contributed by atoms with van der Waals surface area (Å²) in [5, 5.41) is 27.3. The second-order valence-corrected chi connectivity index (χ2v) is 19.7. The van der Waals surface area contributed by atoms with Crippen LogP contribution in [-0.2, 0) is 68.3 Å². The molecule has 3 aliphatic heterocycles. The average Bonchev–Trinajstić information content (AvgIpc) is 3.28. The Morgan fingerprint density at radius 2 is 1.62 bits per heavy atom. The van der Waals surface area contributed by atoms with E-state index in [1.54, 1.807) is 53.6 Å². The van der Waals surface area contributed by atoms with Crippen LogP contribution >= 0.6 is 0 Å². The zero-order valence-electron chi connectivity index (χ0n) is 42.9. The normalized spacial score (nSPS) is 35.5. The van der Waals surface area contributed by atoms with Gasteiger partial charge in [0.1, 0.15) is 30.7 Å². The molecular formula is C51H83N3O15. The molecule has 16 atom stereocenters. The number of carbonyl (C=O) groups excluding carboxylic acids is 5. The molecule has 69 heavy (non-hydrogen) atoms. The first kappa shape index (κ1) is 58.0. The molecule has 3 heterocycles. The third-order valence-electron chi connectivity index (χ3n) is 13.7. The largest absolute Gasteiger partial charge is 0.459 e. The van der Waals surface area contributed by atoms with Crippen molar-refractivity contribution >= 4 is 30.1 Å². The molecule has 3 saturated heterocycles. The lowest BCUT2D eigenvalue weighted by atomic mass is 9.82. The summed E-state index contributed by atoms with van der Waals surface area (Å²) in [6.07, 6.45) is -7.17. The van der Waals surface area contributed by atoms with Crippen LogP contribution in [0, 0.1) is 11.8 Å². The predicted molar refractivity (Wildman–Crippen MR) is 254 cm³/mol. The van der Waals surface area contributed by atoms with Crippen molar-refractivity contribution in [3.8, 4) is 0 Å². The Hall–Kier alpha value is -3.59. The molecule has 392 valence electrons. The van der Waals surface area contributed by atoms with E-state index in [-0.39, 0.29) is 56.4 Å². The summed E-state index contributed by atoms with van der Waals surface area (Å²) in [5.41, 5.74) is -0.0523. The fourth-order valence-electron chi connectivity index (χ4n) is 10.1. The van der Waals surface area contributed by atoms with Gasteiger partial charge in [-0.2, -0.15) is 0 Å².